The molecule has 114 valence electrons. The molecule has 1 heterocycles. The maximum absolute atomic E-state index is 12.4. The van der Waals surface area contributed by atoms with Crippen molar-refractivity contribution in [3.8, 4) is 0 Å². The fourth-order valence-corrected chi connectivity index (χ4v) is 4.74. The van der Waals surface area contributed by atoms with Crippen molar-refractivity contribution in [2.24, 2.45) is 5.73 Å². The second-order valence-electron chi connectivity index (χ2n) is 4.78. The van der Waals surface area contributed by atoms with Gasteiger partial charge < -0.3 is 5.73 Å². The molecule has 2 rings (SSSR count). The van der Waals surface area contributed by atoms with Gasteiger partial charge in [0.25, 0.3) is 0 Å². The van der Waals surface area contributed by atoms with E-state index in [1.807, 2.05) is 24.3 Å². The van der Waals surface area contributed by atoms with Crippen molar-refractivity contribution < 1.29 is 8.42 Å². The molecule has 0 aliphatic heterocycles. The van der Waals surface area contributed by atoms with Crippen LogP contribution in [0.1, 0.15) is 27.8 Å². The minimum atomic E-state index is -3.50. The molecular formula is C15H20N2O2S2. The fourth-order valence-electron chi connectivity index (χ4n) is 2.22. The Labute approximate surface area is 130 Å². The Balaban J connectivity index is 2.20. The smallest absolute Gasteiger partial charge is 0.241 e. The zero-order valence-electron chi connectivity index (χ0n) is 12.2. The van der Waals surface area contributed by atoms with Crippen LogP contribution in [0.25, 0.3) is 0 Å². The Kier molecular flexibility index (Phi) is 5.16. The molecule has 0 aliphatic carbocycles. The predicted octanol–water partition coefficient (Wildman–Crippen LogP) is 2.56. The molecule has 0 spiro atoms. The quantitative estimate of drug-likeness (QED) is 0.858. The first-order valence-electron chi connectivity index (χ1n) is 6.83. The van der Waals surface area contributed by atoms with Gasteiger partial charge in [-0.2, -0.15) is 0 Å². The first-order chi connectivity index (χ1) is 9.97. The van der Waals surface area contributed by atoms with E-state index in [0.717, 1.165) is 27.3 Å². The molecule has 0 radical (unpaired) electrons. The summed E-state index contributed by atoms with van der Waals surface area (Å²) in [7, 11) is -3.50. The van der Waals surface area contributed by atoms with E-state index in [-0.39, 0.29) is 0 Å². The van der Waals surface area contributed by atoms with Crippen LogP contribution in [0.4, 0.5) is 0 Å². The summed E-state index contributed by atoms with van der Waals surface area (Å²) in [5.74, 6) is 0. The number of benzene rings is 1. The van der Waals surface area contributed by atoms with Gasteiger partial charge in [-0.05, 0) is 30.5 Å². The average Bonchev–Trinajstić information content (AvgIpc) is 2.87. The summed E-state index contributed by atoms with van der Waals surface area (Å²) in [6.07, 6.45) is 0.882. The van der Waals surface area contributed by atoms with Crippen LogP contribution < -0.4 is 10.5 Å². The van der Waals surface area contributed by atoms with E-state index in [2.05, 4.69) is 11.6 Å². The number of aryl methyl sites for hydroxylation is 2. The van der Waals surface area contributed by atoms with Gasteiger partial charge in [-0.15, -0.1) is 11.3 Å². The molecule has 0 saturated heterocycles. The summed E-state index contributed by atoms with van der Waals surface area (Å²) in [6, 6.07) is 9.52. The van der Waals surface area contributed by atoms with E-state index in [4.69, 9.17) is 5.73 Å². The molecule has 0 aliphatic rings. The number of rotatable bonds is 6. The van der Waals surface area contributed by atoms with Crippen molar-refractivity contribution in [2.45, 2.75) is 38.3 Å². The molecule has 0 saturated carbocycles. The van der Waals surface area contributed by atoms with E-state index in [1.54, 1.807) is 13.0 Å². The summed E-state index contributed by atoms with van der Waals surface area (Å²) in [5.41, 5.74) is 7.74. The summed E-state index contributed by atoms with van der Waals surface area (Å²) in [5, 5.41) is 0. The van der Waals surface area contributed by atoms with Gasteiger partial charge in [0.15, 0.2) is 0 Å². The van der Waals surface area contributed by atoms with Crippen LogP contribution >= 0.6 is 11.3 Å². The van der Waals surface area contributed by atoms with Gasteiger partial charge in [-0.3, -0.25) is 0 Å². The van der Waals surface area contributed by atoms with Gasteiger partial charge in [0, 0.05) is 22.8 Å². The third kappa shape index (κ3) is 3.71. The van der Waals surface area contributed by atoms with Crippen LogP contribution in [-0.2, 0) is 29.5 Å². The van der Waals surface area contributed by atoms with Gasteiger partial charge >= 0.3 is 0 Å². The number of nitrogens with two attached hydrogens (primary N) is 1. The average molecular weight is 324 g/mol. The maximum Gasteiger partial charge on any atom is 0.241 e. The van der Waals surface area contributed by atoms with Crippen molar-refractivity contribution in [3.05, 3.63) is 51.2 Å². The maximum atomic E-state index is 12.4. The molecule has 2 aromatic rings. The number of sulfonamides is 1. The van der Waals surface area contributed by atoms with E-state index >= 15 is 0 Å². The molecule has 0 unspecified atom stereocenters. The molecular weight excluding hydrogens is 304 g/mol. The Hall–Kier alpha value is -1.21. The predicted molar refractivity (Wildman–Crippen MR) is 86.8 cm³/mol. The third-order valence-corrected chi connectivity index (χ3v) is 6.10. The van der Waals surface area contributed by atoms with Crippen LogP contribution in [0.5, 0.6) is 0 Å². The second kappa shape index (κ2) is 6.70. The van der Waals surface area contributed by atoms with Crippen LogP contribution in [0, 0.1) is 6.92 Å². The van der Waals surface area contributed by atoms with Gasteiger partial charge in [-0.25, -0.2) is 13.1 Å². The molecule has 0 amide bonds. The van der Waals surface area contributed by atoms with Crippen LogP contribution in [0.3, 0.4) is 0 Å². The lowest BCUT2D eigenvalue weighted by Crippen LogP contribution is -2.24. The SMILES string of the molecule is CCc1ccccc1CNS(=O)(=O)c1cc(CN)sc1C. The highest BCUT2D eigenvalue weighted by atomic mass is 32.2. The van der Waals surface area contributed by atoms with Crippen molar-refractivity contribution in [3.63, 3.8) is 0 Å². The molecule has 4 nitrogen and oxygen atoms in total. The van der Waals surface area contributed by atoms with E-state index in [9.17, 15) is 8.42 Å². The number of hydrogen-bond donors (Lipinski definition) is 2. The zero-order valence-corrected chi connectivity index (χ0v) is 13.9. The van der Waals surface area contributed by atoms with E-state index < -0.39 is 10.0 Å². The second-order valence-corrected chi connectivity index (χ2v) is 7.86. The lowest BCUT2D eigenvalue weighted by molar-refractivity contribution is 0.581. The zero-order chi connectivity index (χ0) is 15.5. The van der Waals surface area contributed by atoms with Gasteiger partial charge in [0.2, 0.25) is 10.0 Å². The lowest BCUT2D eigenvalue weighted by Gasteiger charge is -2.09. The van der Waals surface area contributed by atoms with Gasteiger partial charge in [0.05, 0.1) is 4.90 Å². The van der Waals surface area contributed by atoms with Crippen LogP contribution in [-0.4, -0.2) is 8.42 Å². The van der Waals surface area contributed by atoms with E-state index in [1.165, 1.54) is 11.3 Å². The van der Waals surface area contributed by atoms with Crippen molar-refractivity contribution in [2.75, 3.05) is 0 Å². The first-order valence-corrected chi connectivity index (χ1v) is 9.13. The van der Waals surface area contributed by atoms with E-state index in [0.29, 0.717) is 18.0 Å². The molecule has 0 atom stereocenters. The monoisotopic (exact) mass is 324 g/mol. The number of nitrogens with one attached hydrogen (secondary N) is 1. The van der Waals surface area contributed by atoms with Crippen LogP contribution in [0.15, 0.2) is 35.2 Å². The largest absolute Gasteiger partial charge is 0.326 e. The number of hydrogen-bond acceptors (Lipinski definition) is 4. The third-order valence-electron chi connectivity index (χ3n) is 3.37. The summed E-state index contributed by atoms with van der Waals surface area (Å²) in [4.78, 5) is 1.98. The van der Waals surface area contributed by atoms with Gasteiger partial charge in [0.1, 0.15) is 0 Å². The minimum Gasteiger partial charge on any atom is -0.326 e. The van der Waals surface area contributed by atoms with Crippen molar-refractivity contribution in [1.82, 2.24) is 4.72 Å². The molecule has 1 aromatic carbocycles. The summed E-state index contributed by atoms with van der Waals surface area (Å²) >= 11 is 1.43. The highest BCUT2D eigenvalue weighted by molar-refractivity contribution is 7.89. The highest BCUT2D eigenvalue weighted by Gasteiger charge is 2.19. The minimum absolute atomic E-state index is 0.305. The Bertz CT molecular complexity index is 721. The molecule has 0 bridgehead atoms. The number of thiophene rings is 1. The highest BCUT2D eigenvalue weighted by Crippen LogP contribution is 2.25. The molecule has 21 heavy (non-hydrogen) atoms. The molecule has 6 heteroatoms. The lowest BCUT2D eigenvalue weighted by atomic mass is 10.1. The molecule has 1 aromatic heterocycles. The molecule has 0 fully saturated rings. The van der Waals surface area contributed by atoms with Crippen molar-refractivity contribution in [1.29, 1.82) is 0 Å². The molecule has 3 N–H and O–H groups in total. The summed E-state index contributed by atoms with van der Waals surface area (Å²) < 4.78 is 27.5. The Morgan fingerprint density at radius 1 is 1.24 bits per heavy atom. The fraction of sp³-hybridized carbons (Fsp3) is 0.333. The Morgan fingerprint density at radius 2 is 1.90 bits per heavy atom. The van der Waals surface area contributed by atoms with Gasteiger partial charge in [-0.1, -0.05) is 31.2 Å². The van der Waals surface area contributed by atoms with Crippen molar-refractivity contribution >= 4 is 21.4 Å². The normalized spacial score (nSPS) is 11.8. The van der Waals surface area contributed by atoms with Crippen LogP contribution in [0.2, 0.25) is 0 Å². The summed E-state index contributed by atoms with van der Waals surface area (Å²) in [6.45, 7) is 4.53. The topological polar surface area (TPSA) is 72.2 Å². The first kappa shape index (κ1) is 16.2. The Morgan fingerprint density at radius 3 is 2.48 bits per heavy atom. The standard InChI is InChI=1S/C15H20N2O2S2/c1-3-12-6-4-5-7-13(12)10-17-21(18,19)15-8-14(9-16)20-11(15)2/h4-8,17H,3,9-10,16H2,1-2H3.